The number of amides is 1. The van der Waals surface area contributed by atoms with Crippen LogP contribution in [0.2, 0.25) is 10.0 Å². The molecule has 1 atom stereocenters. The van der Waals surface area contributed by atoms with Gasteiger partial charge in [-0.05, 0) is 25.0 Å². The molecule has 1 amide bonds. The highest BCUT2D eigenvalue weighted by Gasteiger charge is 2.31. The van der Waals surface area contributed by atoms with E-state index in [0.29, 0.717) is 18.7 Å². The first kappa shape index (κ1) is 17.8. The minimum absolute atomic E-state index is 0.120. The van der Waals surface area contributed by atoms with Crippen LogP contribution in [0.5, 0.6) is 0 Å². The van der Waals surface area contributed by atoms with Crippen molar-refractivity contribution in [1.29, 1.82) is 0 Å². The minimum atomic E-state index is -0.998. The van der Waals surface area contributed by atoms with E-state index in [9.17, 15) is 9.59 Å². The van der Waals surface area contributed by atoms with Gasteiger partial charge in [-0.25, -0.2) is 4.79 Å². The van der Waals surface area contributed by atoms with Crippen molar-refractivity contribution in [3.63, 3.8) is 0 Å². The Morgan fingerprint density at radius 3 is 2.32 bits per heavy atom. The Morgan fingerprint density at radius 1 is 0.960 bits per heavy atom. The number of hydrogen-bond acceptors (Lipinski definition) is 3. The van der Waals surface area contributed by atoms with E-state index in [0.717, 1.165) is 12.8 Å². The quantitative estimate of drug-likeness (QED) is 0.736. The van der Waals surface area contributed by atoms with Crippen LogP contribution in [0.1, 0.15) is 34.9 Å². The van der Waals surface area contributed by atoms with Crippen LogP contribution >= 0.6 is 23.2 Å². The second kappa shape index (κ2) is 7.89. The number of carbonyl (C=O) groups excluding carboxylic acids is 2. The lowest BCUT2D eigenvalue weighted by Gasteiger charge is -2.23. The van der Waals surface area contributed by atoms with E-state index >= 15 is 0 Å². The van der Waals surface area contributed by atoms with Crippen LogP contribution in [0.25, 0.3) is 0 Å². The summed E-state index contributed by atoms with van der Waals surface area (Å²) >= 11 is 12.1. The van der Waals surface area contributed by atoms with Crippen LogP contribution < -0.4 is 0 Å². The van der Waals surface area contributed by atoms with Crippen molar-refractivity contribution in [2.45, 2.75) is 18.9 Å². The fraction of sp³-hybridized carbons (Fsp3) is 0.263. The first-order valence-corrected chi connectivity index (χ1v) is 8.82. The number of carbonyl (C=O) groups is 2. The molecule has 2 aromatic carbocycles. The van der Waals surface area contributed by atoms with Crippen molar-refractivity contribution in [3.8, 4) is 0 Å². The molecule has 2 aromatic rings. The third-order valence-electron chi connectivity index (χ3n) is 4.14. The van der Waals surface area contributed by atoms with Crippen LogP contribution in [0.4, 0.5) is 0 Å². The molecule has 0 spiro atoms. The summed E-state index contributed by atoms with van der Waals surface area (Å²) in [6.45, 7) is 1.36. The molecule has 130 valence electrons. The number of likely N-dealkylation sites (tertiary alicyclic amines) is 1. The number of nitrogens with zero attached hydrogens (tertiary/aromatic N) is 1. The molecule has 0 radical (unpaired) electrons. The molecule has 6 heteroatoms. The van der Waals surface area contributed by atoms with E-state index in [2.05, 4.69) is 0 Å². The van der Waals surface area contributed by atoms with E-state index in [1.165, 1.54) is 6.07 Å². The van der Waals surface area contributed by atoms with Gasteiger partial charge in [-0.15, -0.1) is 0 Å². The van der Waals surface area contributed by atoms with Gasteiger partial charge in [0.15, 0.2) is 0 Å². The van der Waals surface area contributed by atoms with Gasteiger partial charge in [0, 0.05) is 18.7 Å². The molecule has 0 bridgehead atoms. The Balaban J connectivity index is 1.88. The van der Waals surface area contributed by atoms with E-state index in [1.54, 1.807) is 41.3 Å². The summed E-state index contributed by atoms with van der Waals surface area (Å²) in [5.74, 6) is -0.885. The Hall–Kier alpha value is -2.04. The third-order valence-corrected chi connectivity index (χ3v) is 4.96. The molecule has 4 nitrogen and oxygen atoms in total. The molecular weight excluding hydrogens is 361 g/mol. The standard InChI is InChI=1S/C19H17Cl2NO3/c20-15-10-6-9-14(16(15)21)19(24)25-17(13-7-2-1-3-8-13)18(23)22-11-4-5-12-22/h1-3,6-10,17H,4-5,11-12H2/t17-/m0/s1. The Labute approximate surface area is 156 Å². The number of rotatable bonds is 4. The van der Waals surface area contributed by atoms with Crippen molar-refractivity contribution in [2.24, 2.45) is 0 Å². The normalized spacial score (nSPS) is 15.0. The average Bonchev–Trinajstić information content (AvgIpc) is 3.16. The van der Waals surface area contributed by atoms with Gasteiger partial charge in [-0.3, -0.25) is 4.79 Å². The average molecular weight is 378 g/mol. The summed E-state index contributed by atoms with van der Waals surface area (Å²) in [5.41, 5.74) is 0.773. The molecule has 25 heavy (non-hydrogen) atoms. The molecule has 0 saturated carbocycles. The molecule has 1 fully saturated rings. The lowest BCUT2D eigenvalue weighted by atomic mass is 10.1. The fourth-order valence-electron chi connectivity index (χ4n) is 2.82. The Kier molecular flexibility index (Phi) is 5.61. The van der Waals surface area contributed by atoms with Gasteiger partial charge in [-0.2, -0.15) is 0 Å². The highest BCUT2D eigenvalue weighted by Crippen LogP contribution is 2.29. The van der Waals surface area contributed by atoms with Crippen molar-refractivity contribution < 1.29 is 14.3 Å². The van der Waals surface area contributed by atoms with Crippen LogP contribution in [-0.2, 0) is 9.53 Å². The lowest BCUT2D eigenvalue weighted by molar-refractivity contribution is -0.140. The van der Waals surface area contributed by atoms with E-state index < -0.39 is 12.1 Å². The van der Waals surface area contributed by atoms with Gasteiger partial charge in [0.2, 0.25) is 6.10 Å². The summed E-state index contributed by atoms with van der Waals surface area (Å²) < 4.78 is 5.56. The first-order chi connectivity index (χ1) is 12.1. The van der Waals surface area contributed by atoms with Crippen molar-refractivity contribution >= 4 is 35.1 Å². The zero-order valence-electron chi connectivity index (χ0n) is 13.5. The zero-order valence-corrected chi connectivity index (χ0v) is 15.0. The van der Waals surface area contributed by atoms with Gasteiger partial charge in [0.1, 0.15) is 0 Å². The maximum Gasteiger partial charge on any atom is 0.340 e. The Bertz CT molecular complexity index is 773. The molecule has 3 rings (SSSR count). The van der Waals surface area contributed by atoms with Crippen LogP contribution in [0.3, 0.4) is 0 Å². The topological polar surface area (TPSA) is 46.6 Å². The predicted molar refractivity (Wildman–Crippen MR) is 96.9 cm³/mol. The number of hydrogen-bond donors (Lipinski definition) is 0. The number of esters is 1. The monoisotopic (exact) mass is 377 g/mol. The van der Waals surface area contributed by atoms with E-state index in [4.69, 9.17) is 27.9 Å². The van der Waals surface area contributed by atoms with Crippen LogP contribution in [-0.4, -0.2) is 29.9 Å². The van der Waals surface area contributed by atoms with Gasteiger partial charge in [-0.1, -0.05) is 59.6 Å². The molecule has 0 aromatic heterocycles. The summed E-state index contributed by atoms with van der Waals surface area (Å²) in [7, 11) is 0. The molecule has 1 heterocycles. The molecule has 1 saturated heterocycles. The SMILES string of the molecule is O=C(O[C@H](C(=O)N1CCCC1)c1ccccc1)c1cccc(Cl)c1Cl. The largest absolute Gasteiger partial charge is 0.444 e. The predicted octanol–water partition coefficient (Wildman–Crippen LogP) is 4.51. The molecular formula is C19H17Cl2NO3. The Morgan fingerprint density at radius 2 is 1.64 bits per heavy atom. The van der Waals surface area contributed by atoms with Crippen molar-refractivity contribution in [2.75, 3.05) is 13.1 Å². The second-order valence-corrected chi connectivity index (χ2v) is 6.61. The zero-order chi connectivity index (χ0) is 17.8. The van der Waals surface area contributed by atoms with E-state index in [-0.39, 0.29) is 21.5 Å². The second-order valence-electron chi connectivity index (χ2n) is 5.83. The highest BCUT2D eigenvalue weighted by molar-refractivity contribution is 6.43. The smallest absolute Gasteiger partial charge is 0.340 e. The minimum Gasteiger partial charge on any atom is -0.444 e. The van der Waals surface area contributed by atoms with Gasteiger partial charge >= 0.3 is 5.97 Å². The van der Waals surface area contributed by atoms with Gasteiger partial charge in [0.25, 0.3) is 5.91 Å². The van der Waals surface area contributed by atoms with Crippen LogP contribution in [0, 0.1) is 0 Å². The van der Waals surface area contributed by atoms with Gasteiger partial charge in [0.05, 0.1) is 15.6 Å². The molecule has 0 aliphatic carbocycles. The van der Waals surface area contributed by atoms with E-state index in [1.807, 2.05) is 6.07 Å². The lowest BCUT2D eigenvalue weighted by Crippen LogP contribution is -2.34. The van der Waals surface area contributed by atoms with Crippen molar-refractivity contribution in [3.05, 3.63) is 69.7 Å². The summed E-state index contributed by atoms with van der Waals surface area (Å²) in [5, 5.41) is 0.382. The molecule has 0 N–H and O–H groups in total. The molecule has 0 unspecified atom stereocenters. The van der Waals surface area contributed by atoms with Gasteiger partial charge < -0.3 is 9.64 Å². The highest BCUT2D eigenvalue weighted by atomic mass is 35.5. The number of benzene rings is 2. The fourth-order valence-corrected chi connectivity index (χ4v) is 3.20. The maximum atomic E-state index is 12.9. The molecule has 1 aliphatic rings. The maximum absolute atomic E-state index is 12.9. The third kappa shape index (κ3) is 3.97. The number of ether oxygens (including phenoxy) is 1. The summed E-state index contributed by atoms with van der Waals surface area (Å²) in [6, 6.07) is 13.7. The summed E-state index contributed by atoms with van der Waals surface area (Å²) in [6.07, 6.45) is 0.921. The van der Waals surface area contributed by atoms with Crippen LogP contribution in [0.15, 0.2) is 48.5 Å². The van der Waals surface area contributed by atoms with Crippen molar-refractivity contribution in [1.82, 2.24) is 4.90 Å². The number of halogens is 2. The first-order valence-electron chi connectivity index (χ1n) is 8.06. The molecule has 1 aliphatic heterocycles. The summed E-state index contributed by atoms with van der Waals surface area (Å²) in [4.78, 5) is 27.2.